The average Bonchev–Trinajstić information content (AvgIpc) is 2.47. The predicted molar refractivity (Wildman–Crippen MR) is 97.7 cm³/mol. The molecule has 0 saturated heterocycles. The Balaban J connectivity index is 3.98. The number of rotatable bonds is 11. The lowest BCUT2D eigenvalue weighted by molar-refractivity contribution is -0.166. The fraction of sp³-hybridized carbons (Fsp3) is 0.895. The van der Waals surface area contributed by atoms with Gasteiger partial charge in [0.2, 0.25) is 11.8 Å². The van der Waals surface area contributed by atoms with Crippen molar-refractivity contribution in [2.45, 2.75) is 86.5 Å². The van der Waals surface area contributed by atoms with Gasteiger partial charge >= 0.3 is 0 Å². The third-order valence-corrected chi connectivity index (χ3v) is 4.27. The third-order valence-electron chi connectivity index (χ3n) is 4.27. The van der Waals surface area contributed by atoms with E-state index in [2.05, 4.69) is 39.9 Å². The van der Waals surface area contributed by atoms with Gasteiger partial charge in [0.15, 0.2) is 0 Å². The molecule has 0 rings (SSSR count). The van der Waals surface area contributed by atoms with Crippen molar-refractivity contribution in [3.63, 3.8) is 0 Å². The fourth-order valence-electron chi connectivity index (χ4n) is 2.50. The first kappa shape index (κ1) is 22.9. The lowest BCUT2D eigenvalue weighted by atomic mass is 9.83. The molecule has 0 saturated carbocycles. The summed E-state index contributed by atoms with van der Waals surface area (Å²) in [6.07, 6.45) is 5.25. The Morgan fingerprint density at radius 1 is 1.00 bits per heavy atom. The molecular weight excluding hydrogens is 304 g/mol. The lowest BCUT2D eigenvalue weighted by Gasteiger charge is -2.25. The Kier molecular flexibility index (Phi) is 10.2. The molecule has 0 fully saturated rings. The summed E-state index contributed by atoms with van der Waals surface area (Å²) in [4.78, 5) is 23.2. The second-order valence-electron chi connectivity index (χ2n) is 8.65. The van der Waals surface area contributed by atoms with Crippen LogP contribution >= 0.6 is 0 Å². The van der Waals surface area contributed by atoms with Gasteiger partial charge in [0.25, 0.3) is 0 Å². The van der Waals surface area contributed by atoms with E-state index in [9.17, 15) is 14.8 Å². The normalized spacial score (nSPS) is 12.1. The van der Waals surface area contributed by atoms with E-state index in [0.29, 0.717) is 25.9 Å². The van der Waals surface area contributed by atoms with Crippen molar-refractivity contribution in [2.24, 2.45) is 10.8 Å². The molecule has 0 aliphatic rings. The van der Waals surface area contributed by atoms with E-state index in [4.69, 9.17) is 0 Å². The van der Waals surface area contributed by atoms with Gasteiger partial charge in [-0.05, 0) is 42.9 Å². The van der Waals surface area contributed by atoms with Crippen LogP contribution in [0.2, 0.25) is 0 Å². The number of hydrogen-bond donors (Lipinski definition) is 2. The van der Waals surface area contributed by atoms with Crippen molar-refractivity contribution >= 4 is 11.8 Å². The van der Waals surface area contributed by atoms with Crippen LogP contribution in [0.5, 0.6) is 0 Å². The molecule has 2 N–H and O–H groups in total. The molecule has 0 aliphatic carbocycles. The second kappa shape index (κ2) is 10.7. The molecule has 0 aromatic rings. The van der Waals surface area contributed by atoms with Crippen LogP contribution in [-0.4, -0.2) is 35.2 Å². The highest BCUT2D eigenvalue weighted by atomic mass is 16.5. The van der Waals surface area contributed by atoms with Gasteiger partial charge in [-0.15, -0.1) is 0 Å². The van der Waals surface area contributed by atoms with E-state index >= 15 is 0 Å². The molecule has 0 aliphatic heterocycles. The van der Waals surface area contributed by atoms with Crippen LogP contribution in [0.4, 0.5) is 0 Å². The smallest absolute Gasteiger partial charge is 0.245 e. The molecule has 0 unspecified atom stereocenters. The minimum atomic E-state index is -0.198. The van der Waals surface area contributed by atoms with Crippen molar-refractivity contribution in [3.05, 3.63) is 0 Å². The number of amides is 2. The Morgan fingerprint density at radius 3 is 2.17 bits per heavy atom. The number of carbonyl (C=O) groups excluding carboxylic acids is 2. The Labute approximate surface area is 148 Å². The van der Waals surface area contributed by atoms with Gasteiger partial charge in [-0.3, -0.25) is 14.8 Å². The van der Waals surface area contributed by atoms with Crippen LogP contribution in [0.15, 0.2) is 0 Å². The van der Waals surface area contributed by atoms with Crippen LogP contribution < -0.4 is 5.32 Å². The first-order valence-corrected chi connectivity index (χ1v) is 9.23. The lowest BCUT2D eigenvalue weighted by Crippen LogP contribution is -2.30. The molecule has 0 heterocycles. The van der Waals surface area contributed by atoms with Crippen LogP contribution in [-0.2, 0) is 9.59 Å². The summed E-state index contributed by atoms with van der Waals surface area (Å²) in [5.41, 5.74) is 0.248. The molecular formula is C19H38N2O3. The zero-order valence-electron chi connectivity index (χ0n) is 16.6. The van der Waals surface area contributed by atoms with Crippen molar-refractivity contribution < 1.29 is 14.8 Å². The van der Waals surface area contributed by atoms with Crippen molar-refractivity contribution in [1.82, 2.24) is 10.4 Å². The van der Waals surface area contributed by atoms with Gasteiger partial charge in [0.05, 0.1) is 0 Å². The molecule has 0 atom stereocenters. The molecule has 142 valence electrons. The molecule has 2 amide bonds. The Hall–Kier alpha value is -1.10. The minimum absolute atomic E-state index is 0.0266. The van der Waals surface area contributed by atoms with Crippen molar-refractivity contribution in [2.75, 3.05) is 13.1 Å². The van der Waals surface area contributed by atoms with Gasteiger partial charge in [-0.2, -0.15) is 0 Å². The molecule has 0 radical (unpaired) electrons. The van der Waals surface area contributed by atoms with E-state index in [1.807, 2.05) is 6.92 Å². The van der Waals surface area contributed by atoms with E-state index in [1.165, 1.54) is 0 Å². The van der Waals surface area contributed by atoms with Crippen LogP contribution in [0.25, 0.3) is 0 Å². The van der Waals surface area contributed by atoms with E-state index in [0.717, 1.165) is 37.2 Å². The van der Waals surface area contributed by atoms with Crippen molar-refractivity contribution in [1.29, 1.82) is 0 Å². The van der Waals surface area contributed by atoms with E-state index in [-0.39, 0.29) is 22.6 Å². The monoisotopic (exact) mass is 342 g/mol. The van der Waals surface area contributed by atoms with E-state index in [1.54, 1.807) is 0 Å². The zero-order valence-corrected chi connectivity index (χ0v) is 16.6. The summed E-state index contributed by atoms with van der Waals surface area (Å²) in [6, 6.07) is 0. The number of hydroxylamine groups is 2. The summed E-state index contributed by atoms with van der Waals surface area (Å²) < 4.78 is 0. The van der Waals surface area contributed by atoms with E-state index < -0.39 is 0 Å². The number of carbonyl (C=O) groups is 2. The summed E-state index contributed by atoms with van der Waals surface area (Å²) in [6.45, 7) is 13.6. The summed E-state index contributed by atoms with van der Waals surface area (Å²) >= 11 is 0. The molecule has 0 spiro atoms. The average molecular weight is 343 g/mol. The van der Waals surface area contributed by atoms with Gasteiger partial charge in [-0.25, -0.2) is 5.06 Å². The van der Waals surface area contributed by atoms with Crippen LogP contribution in [0.1, 0.15) is 86.5 Å². The van der Waals surface area contributed by atoms with Crippen molar-refractivity contribution in [3.8, 4) is 0 Å². The standard InChI is InChI=1S/C19H38N2O3/c1-7-16(22)20-14-8-12-19(5,6)13-10-17(23)21(24)15-9-11-18(2,3)4/h24H,7-15H2,1-6H3,(H,20,22). The molecule has 0 bridgehead atoms. The highest BCUT2D eigenvalue weighted by Gasteiger charge is 2.21. The predicted octanol–water partition coefficient (Wildman–Crippen LogP) is 4.14. The zero-order chi connectivity index (χ0) is 18.8. The molecule has 5 heteroatoms. The summed E-state index contributed by atoms with van der Waals surface area (Å²) in [5, 5.41) is 13.6. The minimum Gasteiger partial charge on any atom is -0.356 e. The number of nitrogens with zero attached hydrogens (tertiary/aromatic N) is 1. The maximum absolute atomic E-state index is 12.0. The molecule has 0 aromatic heterocycles. The Bertz CT molecular complexity index is 387. The highest BCUT2D eigenvalue weighted by Crippen LogP contribution is 2.28. The maximum atomic E-state index is 12.0. The number of hydrogen-bond acceptors (Lipinski definition) is 3. The third kappa shape index (κ3) is 12.3. The topological polar surface area (TPSA) is 69.6 Å². The van der Waals surface area contributed by atoms with Gasteiger partial charge in [0.1, 0.15) is 0 Å². The maximum Gasteiger partial charge on any atom is 0.245 e. The van der Waals surface area contributed by atoms with Crippen LogP contribution in [0, 0.1) is 10.8 Å². The summed E-state index contributed by atoms with van der Waals surface area (Å²) in [5.74, 6) is -0.120. The van der Waals surface area contributed by atoms with Crippen LogP contribution in [0.3, 0.4) is 0 Å². The second-order valence-corrected chi connectivity index (χ2v) is 8.65. The fourth-order valence-corrected chi connectivity index (χ4v) is 2.50. The molecule has 24 heavy (non-hydrogen) atoms. The largest absolute Gasteiger partial charge is 0.356 e. The SMILES string of the molecule is CCC(=O)NCCCC(C)(C)CCC(=O)N(O)CCCC(C)(C)C. The van der Waals surface area contributed by atoms with Gasteiger partial charge < -0.3 is 5.32 Å². The van der Waals surface area contributed by atoms with Gasteiger partial charge in [0, 0.05) is 25.9 Å². The molecule has 5 nitrogen and oxygen atoms in total. The summed E-state index contributed by atoms with van der Waals surface area (Å²) in [7, 11) is 0. The van der Waals surface area contributed by atoms with Gasteiger partial charge in [-0.1, -0.05) is 41.5 Å². The first-order valence-electron chi connectivity index (χ1n) is 9.23. The quantitative estimate of drug-likeness (QED) is 0.337. The highest BCUT2D eigenvalue weighted by molar-refractivity contribution is 5.75. The Morgan fingerprint density at radius 2 is 1.62 bits per heavy atom. The number of nitrogens with one attached hydrogen (secondary N) is 1. The first-order chi connectivity index (χ1) is 11.0. The molecule has 0 aromatic carbocycles.